The molecule has 0 fully saturated rings. The van der Waals surface area contributed by atoms with Crippen molar-refractivity contribution in [2.75, 3.05) is 33.4 Å². The number of rotatable bonds is 7. The number of pyridine rings is 1. The van der Waals surface area contributed by atoms with E-state index in [9.17, 15) is 0 Å². The molecule has 0 aromatic carbocycles. The highest BCUT2D eigenvalue weighted by molar-refractivity contribution is 5.41. The van der Waals surface area contributed by atoms with Gasteiger partial charge in [0, 0.05) is 38.6 Å². The van der Waals surface area contributed by atoms with Crippen molar-refractivity contribution in [2.45, 2.75) is 13.5 Å². The van der Waals surface area contributed by atoms with E-state index < -0.39 is 0 Å². The Balaban J connectivity index is 2.12. The zero-order valence-corrected chi connectivity index (χ0v) is 11.5. The maximum atomic E-state index is 9.09. The van der Waals surface area contributed by atoms with Crippen molar-refractivity contribution in [1.29, 1.82) is 0 Å². The minimum atomic E-state index is 0.149. The van der Waals surface area contributed by atoms with Gasteiger partial charge in [-0.1, -0.05) is 6.07 Å². The van der Waals surface area contributed by atoms with Crippen molar-refractivity contribution in [3.8, 4) is 0 Å². The largest absolute Gasteiger partial charge is 0.395 e. The van der Waals surface area contributed by atoms with Crippen molar-refractivity contribution in [2.24, 2.45) is 0 Å². The lowest BCUT2D eigenvalue weighted by Gasteiger charge is -2.19. The summed E-state index contributed by atoms with van der Waals surface area (Å²) in [5.41, 5.74) is 3.14. The first kappa shape index (κ1) is 14.0. The van der Waals surface area contributed by atoms with E-state index in [1.807, 2.05) is 12.1 Å². The van der Waals surface area contributed by atoms with Crippen LogP contribution >= 0.6 is 0 Å². The van der Waals surface area contributed by atoms with Crippen molar-refractivity contribution in [1.82, 2.24) is 14.3 Å². The van der Waals surface area contributed by atoms with E-state index in [2.05, 4.69) is 33.5 Å². The quantitative estimate of drug-likeness (QED) is 0.812. The molecular formula is C14H21N3O2. The first-order valence-corrected chi connectivity index (χ1v) is 6.50. The fraction of sp³-hybridized carbons (Fsp3) is 0.500. The molecule has 2 aromatic rings. The summed E-state index contributed by atoms with van der Waals surface area (Å²) in [6.45, 7) is 5.03. The van der Waals surface area contributed by atoms with Crippen LogP contribution < -0.4 is 0 Å². The number of nitrogens with zero attached hydrogens (tertiary/aromatic N) is 3. The number of methoxy groups -OCH3 is 1. The SMILES string of the molecule is COCCN(CCO)Cc1cn2c(C)cccc2n1. The second-order valence-corrected chi connectivity index (χ2v) is 4.62. The Morgan fingerprint density at radius 2 is 2.21 bits per heavy atom. The van der Waals surface area contributed by atoms with Gasteiger partial charge in [0.2, 0.25) is 0 Å². The molecule has 19 heavy (non-hydrogen) atoms. The number of aliphatic hydroxyl groups is 1. The highest BCUT2D eigenvalue weighted by Gasteiger charge is 2.09. The highest BCUT2D eigenvalue weighted by atomic mass is 16.5. The molecule has 0 bridgehead atoms. The fourth-order valence-corrected chi connectivity index (χ4v) is 2.14. The maximum Gasteiger partial charge on any atom is 0.137 e. The number of ether oxygens (including phenoxy) is 1. The number of imidazole rings is 1. The molecule has 0 spiro atoms. The summed E-state index contributed by atoms with van der Waals surface area (Å²) in [7, 11) is 1.69. The number of aliphatic hydroxyl groups excluding tert-OH is 1. The van der Waals surface area contributed by atoms with Crippen molar-refractivity contribution in [3.05, 3.63) is 35.8 Å². The Morgan fingerprint density at radius 1 is 1.37 bits per heavy atom. The Labute approximate surface area is 113 Å². The summed E-state index contributed by atoms with van der Waals surface area (Å²) in [5, 5.41) is 9.09. The molecule has 104 valence electrons. The molecule has 0 aliphatic carbocycles. The van der Waals surface area contributed by atoms with Gasteiger partial charge >= 0.3 is 0 Å². The minimum Gasteiger partial charge on any atom is -0.395 e. The van der Waals surface area contributed by atoms with Gasteiger partial charge in [-0.25, -0.2) is 4.98 Å². The van der Waals surface area contributed by atoms with Gasteiger partial charge in [-0.2, -0.15) is 0 Å². The van der Waals surface area contributed by atoms with Gasteiger partial charge in [-0.05, 0) is 19.1 Å². The molecule has 5 nitrogen and oxygen atoms in total. The van der Waals surface area contributed by atoms with Crippen molar-refractivity contribution >= 4 is 5.65 Å². The second-order valence-electron chi connectivity index (χ2n) is 4.62. The Kier molecular flexibility index (Phi) is 4.90. The smallest absolute Gasteiger partial charge is 0.137 e. The lowest BCUT2D eigenvalue weighted by molar-refractivity contribution is 0.126. The average Bonchev–Trinajstić information content (AvgIpc) is 2.80. The van der Waals surface area contributed by atoms with Gasteiger partial charge in [0.05, 0.1) is 18.9 Å². The fourth-order valence-electron chi connectivity index (χ4n) is 2.14. The molecule has 0 radical (unpaired) electrons. The highest BCUT2D eigenvalue weighted by Crippen LogP contribution is 2.10. The van der Waals surface area contributed by atoms with E-state index in [4.69, 9.17) is 9.84 Å². The van der Waals surface area contributed by atoms with Crippen LogP contribution in [0, 0.1) is 6.92 Å². The zero-order chi connectivity index (χ0) is 13.7. The number of hydrogen-bond donors (Lipinski definition) is 1. The predicted molar refractivity (Wildman–Crippen MR) is 74.2 cm³/mol. The molecule has 2 aromatic heterocycles. The van der Waals surface area contributed by atoms with Crippen LogP contribution in [-0.4, -0.2) is 52.8 Å². The van der Waals surface area contributed by atoms with Crippen molar-refractivity contribution in [3.63, 3.8) is 0 Å². The van der Waals surface area contributed by atoms with Crippen molar-refractivity contribution < 1.29 is 9.84 Å². The summed E-state index contributed by atoms with van der Waals surface area (Å²) < 4.78 is 7.17. The minimum absolute atomic E-state index is 0.149. The third-order valence-corrected chi connectivity index (χ3v) is 3.16. The number of aryl methyl sites for hydroxylation is 1. The Hall–Kier alpha value is -1.43. The number of hydrogen-bond acceptors (Lipinski definition) is 4. The topological polar surface area (TPSA) is 50.0 Å². The van der Waals surface area contributed by atoms with Crippen LogP contribution in [0.25, 0.3) is 5.65 Å². The molecule has 0 aliphatic heterocycles. The summed E-state index contributed by atoms with van der Waals surface area (Å²) in [4.78, 5) is 6.74. The number of aromatic nitrogens is 2. The van der Waals surface area contributed by atoms with Crippen LogP contribution in [0.5, 0.6) is 0 Å². The summed E-state index contributed by atoms with van der Waals surface area (Å²) in [6, 6.07) is 6.08. The van der Waals surface area contributed by atoms with E-state index in [-0.39, 0.29) is 6.61 Å². The first-order valence-electron chi connectivity index (χ1n) is 6.50. The second kappa shape index (κ2) is 6.65. The zero-order valence-electron chi connectivity index (χ0n) is 11.5. The number of fused-ring (bicyclic) bond motifs is 1. The molecule has 0 saturated heterocycles. The maximum absolute atomic E-state index is 9.09. The van der Waals surface area contributed by atoms with Gasteiger partial charge in [0.15, 0.2) is 0 Å². The van der Waals surface area contributed by atoms with E-state index in [1.54, 1.807) is 7.11 Å². The van der Waals surface area contributed by atoms with Gasteiger partial charge < -0.3 is 14.2 Å². The van der Waals surface area contributed by atoms with Crippen LogP contribution in [-0.2, 0) is 11.3 Å². The molecule has 2 rings (SSSR count). The Bertz CT molecular complexity index is 524. The van der Waals surface area contributed by atoms with Gasteiger partial charge in [-0.3, -0.25) is 4.90 Å². The van der Waals surface area contributed by atoms with Gasteiger partial charge in [0.1, 0.15) is 5.65 Å². The molecule has 5 heteroatoms. The average molecular weight is 263 g/mol. The lowest BCUT2D eigenvalue weighted by Crippen LogP contribution is -2.29. The summed E-state index contributed by atoms with van der Waals surface area (Å²) in [5.74, 6) is 0. The first-order chi connectivity index (χ1) is 9.24. The molecule has 0 amide bonds. The van der Waals surface area contributed by atoms with Crippen LogP contribution in [0.15, 0.2) is 24.4 Å². The molecular weight excluding hydrogens is 242 g/mol. The predicted octanol–water partition coefficient (Wildman–Crippen LogP) is 1.08. The normalized spacial score (nSPS) is 11.6. The molecule has 0 unspecified atom stereocenters. The standard InChI is InChI=1S/C14H21N3O2/c1-12-4-3-5-14-15-13(11-17(12)14)10-16(6-8-18)7-9-19-2/h3-5,11,18H,6-10H2,1-2H3. The van der Waals surface area contributed by atoms with Crippen LogP contribution in [0.2, 0.25) is 0 Å². The third-order valence-electron chi connectivity index (χ3n) is 3.16. The summed E-state index contributed by atoms with van der Waals surface area (Å²) >= 11 is 0. The lowest BCUT2D eigenvalue weighted by atomic mass is 10.3. The molecule has 0 saturated carbocycles. The van der Waals surface area contributed by atoms with Gasteiger partial charge in [-0.15, -0.1) is 0 Å². The van der Waals surface area contributed by atoms with E-state index in [0.717, 1.165) is 24.4 Å². The van der Waals surface area contributed by atoms with Crippen LogP contribution in [0.1, 0.15) is 11.4 Å². The molecule has 2 heterocycles. The molecule has 0 atom stereocenters. The van der Waals surface area contributed by atoms with E-state index in [1.165, 1.54) is 5.69 Å². The van der Waals surface area contributed by atoms with E-state index in [0.29, 0.717) is 13.2 Å². The van der Waals surface area contributed by atoms with Crippen LogP contribution in [0.4, 0.5) is 0 Å². The Morgan fingerprint density at radius 3 is 2.89 bits per heavy atom. The van der Waals surface area contributed by atoms with Gasteiger partial charge in [0.25, 0.3) is 0 Å². The third kappa shape index (κ3) is 3.53. The van der Waals surface area contributed by atoms with Crippen LogP contribution in [0.3, 0.4) is 0 Å². The van der Waals surface area contributed by atoms with E-state index >= 15 is 0 Å². The summed E-state index contributed by atoms with van der Waals surface area (Å²) in [6.07, 6.45) is 2.06. The molecule has 0 aliphatic rings. The molecule has 1 N–H and O–H groups in total. The monoisotopic (exact) mass is 263 g/mol.